The number of rotatable bonds is 3. The van der Waals surface area contributed by atoms with Crippen LogP contribution >= 0.6 is 0 Å². The smallest absolute Gasteiger partial charge is 0.107 e. The number of aryl methyl sites for hydroxylation is 1. The van der Waals surface area contributed by atoms with E-state index in [1.54, 1.807) is 6.26 Å². The highest BCUT2D eigenvalue weighted by molar-refractivity contribution is 5.14. The summed E-state index contributed by atoms with van der Waals surface area (Å²) in [4.78, 5) is 0. The van der Waals surface area contributed by atoms with Gasteiger partial charge in [-0.15, -0.1) is 0 Å². The molecule has 1 rings (SSSR count). The van der Waals surface area contributed by atoms with Crippen LogP contribution in [0.25, 0.3) is 0 Å². The molecule has 0 aromatic carbocycles. The molecule has 1 aromatic heterocycles. The van der Waals surface area contributed by atoms with E-state index in [0.717, 1.165) is 18.7 Å². The van der Waals surface area contributed by atoms with E-state index in [2.05, 4.69) is 33.0 Å². The van der Waals surface area contributed by atoms with Crippen molar-refractivity contribution >= 4 is 0 Å². The van der Waals surface area contributed by atoms with Crippen molar-refractivity contribution in [2.75, 3.05) is 6.54 Å². The van der Waals surface area contributed by atoms with Crippen LogP contribution in [-0.2, 0) is 6.42 Å². The number of hydrogen-bond donors (Lipinski definition) is 1. The van der Waals surface area contributed by atoms with Crippen molar-refractivity contribution in [3.8, 4) is 0 Å². The molecule has 0 saturated heterocycles. The number of furan rings is 1. The molecule has 2 nitrogen and oxygen atoms in total. The first-order chi connectivity index (χ1) is 5.99. The van der Waals surface area contributed by atoms with Gasteiger partial charge in [-0.3, -0.25) is 0 Å². The Hall–Kier alpha value is -0.760. The van der Waals surface area contributed by atoms with Crippen molar-refractivity contribution < 1.29 is 4.42 Å². The molecule has 0 fully saturated rings. The summed E-state index contributed by atoms with van der Waals surface area (Å²) in [5.74, 6) is 1.09. The van der Waals surface area contributed by atoms with Crippen LogP contribution in [0.4, 0.5) is 0 Å². The molecule has 1 aromatic rings. The van der Waals surface area contributed by atoms with Crippen molar-refractivity contribution in [2.45, 2.75) is 39.7 Å². The number of hydrogen-bond acceptors (Lipinski definition) is 2. The molecule has 0 aliphatic heterocycles. The summed E-state index contributed by atoms with van der Waals surface area (Å²) in [6.45, 7) is 9.56. The van der Waals surface area contributed by atoms with E-state index in [1.165, 1.54) is 5.56 Å². The summed E-state index contributed by atoms with van der Waals surface area (Å²) in [5.41, 5.74) is 1.44. The normalized spacial score (nSPS) is 12.0. The van der Waals surface area contributed by atoms with E-state index in [1.807, 2.05) is 6.07 Å². The predicted octanol–water partition coefficient (Wildman–Crippen LogP) is 2.52. The first kappa shape index (κ1) is 10.3. The lowest BCUT2D eigenvalue weighted by Crippen LogP contribution is -2.37. The Morgan fingerprint density at radius 3 is 2.54 bits per heavy atom. The Labute approximate surface area is 80.3 Å². The standard InChI is InChI=1S/C11H19NO/c1-9-6-8-13-10(9)5-7-12-11(2,3)4/h6,8,12H,5,7H2,1-4H3. The van der Waals surface area contributed by atoms with Gasteiger partial charge in [0.2, 0.25) is 0 Å². The average Bonchev–Trinajstić information content (AvgIpc) is 2.34. The fourth-order valence-corrected chi connectivity index (χ4v) is 1.21. The third-order valence-corrected chi connectivity index (χ3v) is 1.98. The Morgan fingerprint density at radius 2 is 2.08 bits per heavy atom. The zero-order chi connectivity index (χ0) is 9.90. The molecule has 0 unspecified atom stereocenters. The summed E-state index contributed by atoms with van der Waals surface area (Å²) < 4.78 is 5.34. The van der Waals surface area contributed by atoms with Crippen LogP contribution in [0, 0.1) is 6.92 Å². The lowest BCUT2D eigenvalue weighted by molar-refractivity contribution is 0.413. The van der Waals surface area contributed by atoms with Crippen molar-refractivity contribution in [1.82, 2.24) is 5.32 Å². The fraction of sp³-hybridized carbons (Fsp3) is 0.636. The maximum atomic E-state index is 5.34. The van der Waals surface area contributed by atoms with E-state index >= 15 is 0 Å². The summed E-state index contributed by atoms with van der Waals surface area (Å²) in [7, 11) is 0. The molecule has 1 heterocycles. The van der Waals surface area contributed by atoms with E-state index < -0.39 is 0 Å². The first-order valence-electron chi connectivity index (χ1n) is 4.77. The van der Waals surface area contributed by atoms with Crippen LogP contribution in [0.15, 0.2) is 16.7 Å². The minimum absolute atomic E-state index is 0.195. The monoisotopic (exact) mass is 181 g/mol. The molecular weight excluding hydrogens is 162 g/mol. The largest absolute Gasteiger partial charge is 0.469 e. The SMILES string of the molecule is Cc1ccoc1CCNC(C)(C)C. The van der Waals surface area contributed by atoms with Crippen molar-refractivity contribution in [3.63, 3.8) is 0 Å². The summed E-state index contributed by atoms with van der Waals surface area (Å²) >= 11 is 0. The quantitative estimate of drug-likeness (QED) is 0.775. The third kappa shape index (κ3) is 3.64. The van der Waals surface area contributed by atoms with Gasteiger partial charge in [-0.2, -0.15) is 0 Å². The van der Waals surface area contributed by atoms with E-state index in [9.17, 15) is 0 Å². The molecule has 0 radical (unpaired) electrons. The molecule has 0 aliphatic rings. The highest BCUT2D eigenvalue weighted by atomic mass is 16.3. The zero-order valence-corrected chi connectivity index (χ0v) is 8.98. The van der Waals surface area contributed by atoms with Gasteiger partial charge in [-0.1, -0.05) is 0 Å². The topological polar surface area (TPSA) is 25.2 Å². The Balaban J connectivity index is 2.32. The lowest BCUT2D eigenvalue weighted by atomic mass is 10.1. The fourth-order valence-electron chi connectivity index (χ4n) is 1.21. The van der Waals surface area contributed by atoms with Gasteiger partial charge in [0.25, 0.3) is 0 Å². The molecule has 0 aliphatic carbocycles. The first-order valence-corrected chi connectivity index (χ1v) is 4.77. The Bertz CT molecular complexity index is 257. The van der Waals surface area contributed by atoms with Crippen LogP contribution in [0.2, 0.25) is 0 Å². The van der Waals surface area contributed by atoms with Crippen LogP contribution in [0.5, 0.6) is 0 Å². The molecule has 2 heteroatoms. The van der Waals surface area contributed by atoms with Gasteiger partial charge in [0.15, 0.2) is 0 Å². The second kappa shape index (κ2) is 3.97. The van der Waals surface area contributed by atoms with Gasteiger partial charge in [-0.25, -0.2) is 0 Å². The van der Waals surface area contributed by atoms with Crippen LogP contribution in [0.3, 0.4) is 0 Å². The minimum atomic E-state index is 0.195. The van der Waals surface area contributed by atoms with Gasteiger partial charge < -0.3 is 9.73 Å². The lowest BCUT2D eigenvalue weighted by Gasteiger charge is -2.20. The molecular formula is C11H19NO. The minimum Gasteiger partial charge on any atom is -0.469 e. The van der Waals surface area contributed by atoms with Crippen LogP contribution < -0.4 is 5.32 Å². The van der Waals surface area contributed by atoms with E-state index in [-0.39, 0.29) is 5.54 Å². The predicted molar refractivity (Wildman–Crippen MR) is 54.9 cm³/mol. The summed E-state index contributed by atoms with van der Waals surface area (Å²) in [6.07, 6.45) is 2.72. The van der Waals surface area contributed by atoms with E-state index in [4.69, 9.17) is 4.42 Å². The molecule has 13 heavy (non-hydrogen) atoms. The average molecular weight is 181 g/mol. The zero-order valence-electron chi connectivity index (χ0n) is 8.98. The van der Waals surface area contributed by atoms with Crippen molar-refractivity contribution in [1.29, 1.82) is 0 Å². The highest BCUT2D eigenvalue weighted by Gasteiger charge is 2.08. The summed E-state index contributed by atoms with van der Waals surface area (Å²) in [6, 6.07) is 2.01. The van der Waals surface area contributed by atoms with Crippen molar-refractivity contribution in [3.05, 3.63) is 23.7 Å². The van der Waals surface area contributed by atoms with Crippen LogP contribution in [0.1, 0.15) is 32.1 Å². The Kier molecular flexibility index (Phi) is 3.15. The molecule has 74 valence electrons. The molecule has 0 bridgehead atoms. The molecule has 0 spiro atoms. The molecule has 0 atom stereocenters. The second-order valence-electron chi connectivity index (χ2n) is 4.45. The molecule has 0 amide bonds. The third-order valence-electron chi connectivity index (χ3n) is 1.98. The summed E-state index contributed by atoms with van der Waals surface area (Å²) in [5, 5.41) is 3.43. The maximum absolute atomic E-state index is 5.34. The van der Waals surface area contributed by atoms with Gasteiger partial charge >= 0.3 is 0 Å². The van der Waals surface area contributed by atoms with Gasteiger partial charge in [0, 0.05) is 18.5 Å². The van der Waals surface area contributed by atoms with E-state index in [0.29, 0.717) is 0 Å². The maximum Gasteiger partial charge on any atom is 0.107 e. The molecule has 0 saturated carbocycles. The van der Waals surface area contributed by atoms with Gasteiger partial charge in [0.05, 0.1) is 6.26 Å². The second-order valence-corrected chi connectivity index (χ2v) is 4.45. The number of nitrogens with one attached hydrogen (secondary N) is 1. The highest BCUT2D eigenvalue weighted by Crippen LogP contribution is 2.09. The van der Waals surface area contributed by atoms with Gasteiger partial charge in [-0.05, 0) is 39.3 Å². The van der Waals surface area contributed by atoms with Crippen molar-refractivity contribution in [2.24, 2.45) is 0 Å². The molecule has 1 N–H and O–H groups in total. The van der Waals surface area contributed by atoms with Gasteiger partial charge in [0.1, 0.15) is 5.76 Å². The Morgan fingerprint density at radius 1 is 1.38 bits per heavy atom. The van der Waals surface area contributed by atoms with Crippen LogP contribution in [-0.4, -0.2) is 12.1 Å².